The minimum Gasteiger partial charge on any atom is -0.448 e. The molecule has 0 saturated heterocycles. The van der Waals surface area contributed by atoms with Crippen molar-refractivity contribution in [1.29, 1.82) is 0 Å². The molecule has 1 aliphatic heterocycles. The van der Waals surface area contributed by atoms with Crippen molar-refractivity contribution in [1.82, 2.24) is 5.32 Å². The van der Waals surface area contributed by atoms with Gasteiger partial charge in [0, 0.05) is 13.0 Å². The predicted molar refractivity (Wildman–Crippen MR) is 77.6 cm³/mol. The summed E-state index contributed by atoms with van der Waals surface area (Å²) >= 11 is 0. The van der Waals surface area contributed by atoms with Gasteiger partial charge >= 0.3 is 5.97 Å². The summed E-state index contributed by atoms with van der Waals surface area (Å²) in [6, 6.07) is 16.8. The van der Waals surface area contributed by atoms with Crippen molar-refractivity contribution in [3.63, 3.8) is 0 Å². The summed E-state index contributed by atoms with van der Waals surface area (Å²) in [4.78, 5) is 24.0. The second kappa shape index (κ2) is 5.79. The van der Waals surface area contributed by atoms with E-state index in [2.05, 4.69) is 5.32 Å². The molecule has 1 amide bonds. The Balaban J connectivity index is 1.65. The zero-order valence-corrected chi connectivity index (χ0v) is 11.4. The average Bonchev–Trinajstić information content (AvgIpc) is 2.53. The first-order valence-corrected chi connectivity index (χ1v) is 6.84. The van der Waals surface area contributed by atoms with Crippen LogP contribution in [0.25, 0.3) is 0 Å². The maximum absolute atomic E-state index is 12.1. The molecule has 0 aromatic heterocycles. The molecule has 0 radical (unpaired) electrons. The van der Waals surface area contributed by atoms with Gasteiger partial charge in [0.1, 0.15) is 0 Å². The Bertz CT molecular complexity index is 667. The molecule has 0 spiro atoms. The summed E-state index contributed by atoms with van der Waals surface area (Å²) in [5.74, 6) is -0.696. The van der Waals surface area contributed by atoms with Crippen molar-refractivity contribution in [3.05, 3.63) is 71.3 Å². The molecule has 4 nitrogen and oxygen atoms in total. The number of benzene rings is 2. The number of esters is 1. The Morgan fingerprint density at radius 2 is 1.81 bits per heavy atom. The summed E-state index contributed by atoms with van der Waals surface area (Å²) in [5.41, 5.74) is 2.41. The Morgan fingerprint density at radius 3 is 2.62 bits per heavy atom. The van der Waals surface area contributed by atoms with Crippen LogP contribution in [0.4, 0.5) is 0 Å². The van der Waals surface area contributed by atoms with Gasteiger partial charge in [0.15, 0.2) is 6.10 Å². The smallest absolute Gasteiger partial charge is 0.339 e. The first-order chi connectivity index (χ1) is 10.2. The van der Waals surface area contributed by atoms with Crippen molar-refractivity contribution in [3.8, 4) is 0 Å². The topological polar surface area (TPSA) is 55.4 Å². The molecule has 0 bridgehead atoms. The monoisotopic (exact) mass is 281 g/mol. The number of cyclic esters (lactones) is 1. The molecular formula is C17H15NO3. The number of carbonyl (C=O) groups excluding carboxylic acids is 2. The van der Waals surface area contributed by atoms with E-state index in [-0.39, 0.29) is 5.91 Å². The molecule has 2 aromatic carbocycles. The number of fused-ring (bicyclic) bond motifs is 1. The van der Waals surface area contributed by atoms with Gasteiger partial charge in [0.2, 0.25) is 0 Å². The van der Waals surface area contributed by atoms with Crippen LogP contribution in [0.1, 0.15) is 21.5 Å². The Hall–Kier alpha value is -2.62. The number of carbonyl (C=O) groups is 2. The van der Waals surface area contributed by atoms with Gasteiger partial charge < -0.3 is 10.1 Å². The van der Waals surface area contributed by atoms with Crippen LogP contribution in [0.5, 0.6) is 0 Å². The molecule has 1 heterocycles. The van der Waals surface area contributed by atoms with E-state index >= 15 is 0 Å². The van der Waals surface area contributed by atoms with Crippen LogP contribution in [-0.4, -0.2) is 18.0 Å². The van der Waals surface area contributed by atoms with Crippen LogP contribution in [0.3, 0.4) is 0 Å². The SMILES string of the molecule is O=C1O[C@@H](C(=O)NCc2ccccc2)Cc2ccccc21. The van der Waals surface area contributed by atoms with Gasteiger partial charge in [-0.2, -0.15) is 0 Å². The predicted octanol–water partition coefficient (Wildman–Crippen LogP) is 2.08. The Kier molecular flexibility index (Phi) is 3.69. The van der Waals surface area contributed by atoms with Gasteiger partial charge in [0.25, 0.3) is 5.91 Å². The van der Waals surface area contributed by atoms with E-state index in [0.29, 0.717) is 18.5 Å². The zero-order chi connectivity index (χ0) is 14.7. The molecule has 2 aromatic rings. The third-order valence-electron chi connectivity index (χ3n) is 3.49. The third kappa shape index (κ3) is 2.94. The third-order valence-corrected chi connectivity index (χ3v) is 3.49. The summed E-state index contributed by atoms with van der Waals surface area (Å²) in [6.07, 6.45) is -0.334. The molecule has 0 saturated carbocycles. The number of nitrogens with one attached hydrogen (secondary N) is 1. The van der Waals surface area contributed by atoms with Gasteiger partial charge in [-0.1, -0.05) is 48.5 Å². The lowest BCUT2D eigenvalue weighted by atomic mass is 9.98. The highest BCUT2D eigenvalue weighted by Crippen LogP contribution is 2.20. The zero-order valence-electron chi connectivity index (χ0n) is 11.4. The second-order valence-corrected chi connectivity index (χ2v) is 4.96. The standard InChI is InChI=1S/C17H15NO3/c19-16(18-11-12-6-2-1-3-7-12)15-10-13-8-4-5-9-14(13)17(20)21-15/h1-9,15H,10-11H2,(H,18,19)/t15-/m1/s1. The number of amides is 1. The van der Waals surface area contributed by atoms with E-state index in [4.69, 9.17) is 4.74 Å². The minimum atomic E-state index is -0.754. The van der Waals surface area contributed by atoms with Crippen LogP contribution in [0.15, 0.2) is 54.6 Å². The van der Waals surface area contributed by atoms with E-state index in [9.17, 15) is 9.59 Å². The summed E-state index contributed by atoms with van der Waals surface area (Å²) < 4.78 is 5.21. The lowest BCUT2D eigenvalue weighted by Crippen LogP contribution is -2.41. The summed E-state index contributed by atoms with van der Waals surface area (Å²) in [5, 5.41) is 2.80. The fourth-order valence-electron chi connectivity index (χ4n) is 2.38. The van der Waals surface area contributed by atoms with Crippen molar-refractivity contribution in [2.45, 2.75) is 19.1 Å². The van der Waals surface area contributed by atoms with Crippen molar-refractivity contribution in [2.24, 2.45) is 0 Å². The number of ether oxygens (including phenoxy) is 1. The molecule has 1 atom stereocenters. The highest BCUT2D eigenvalue weighted by molar-refractivity contribution is 5.95. The Morgan fingerprint density at radius 1 is 1.10 bits per heavy atom. The molecule has 21 heavy (non-hydrogen) atoms. The first-order valence-electron chi connectivity index (χ1n) is 6.84. The fourth-order valence-corrected chi connectivity index (χ4v) is 2.38. The molecule has 106 valence electrons. The molecule has 0 unspecified atom stereocenters. The average molecular weight is 281 g/mol. The van der Waals surface area contributed by atoms with Crippen molar-refractivity contribution >= 4 is 11.9 Å². The van der Waals surface area contributed by atoms with Crippen LogP contribution >= 0.6 is 0 Å². The van der Waals surface area contributed by atoms with E-state index in [1.54, 1.807) is 12.1 Å². The summed E-state index contributed by atoms with van der Waals surface area (Å²) in [7, 11) is 0. The highest BCUT2D eigenvalue weighted by Gasteiger charge is 2.30. The lowest BCUT2D eigenvalue weighted by Gasteiger charge is -2.23. The minimum absolute atomic E-state index is 0.262. The number of hydrogen-bond acceptors (Lipinski definition) is 3. The van der Waals surface area contributed by atoms with Crippen LogP contribution in [0.2, 0.25) is 0 Å². The number of hydrogen-bond donors (Lipinski definition) is 1. The van der Waals surface area contributed by atoms with Crippen LogP contribution in [0, 0.1) is 0 Å². The van der Waals surface area contributed by atoms with Crippen molar-refractivity contribution < 1.29 is 14.3 Å². The van der Waals surface area contributed by atoms with E-state index in [0.717, 1.165) is 11.1 Å². The van der Waals surface area contributed by atoms with E-state index in [1.165, 1.54) is 0 Å². The molecule has 0 fully saturated rings. The van der Waals surface area contributed by atoms with Gasteiger partial charge in [-0.3, -0.25) is 4.79 Å². The lowest BCUT2D eigenvalue weighted by molar-refractivity contribution is -0.130. The molecular weight excluding hydrogens is 266 g/mol. The maximum atomic E-state index is 12.1. The van der Waals surface area contributed by atoms with E-state index < -0.39 is 12.1 Å². The largest absolute Gasteiger partial charge is 0.448 e. The summed E-state index contributed by atoms with van der Waals surface area (Å²) in [6.45, 7) is 0.426. The van der Waals surface area contributed by atoms with Crippen molar-refractivity contribution in [2.75, 3.05) is 0 Å². The van der Waals surface area contributed by atoms with Crippen LogP contribution in [-0.2, 0) is 22.5 Å². The molecule has 4 heteroatoms. The maximum Gasteiger partial charge on any atom is 0.339 e. The number of rotatable bonds is 3. The fraction of sp³-hybridized carbons (Fsp3) is 0.176. The van der Waals surface area contributed by atoms with E-state index in [1.807, 2.05) is 42.5 Å². The highest BCUT2D eigenvalue weighted by atomic mass is 16.5. The van der Waals surface area contributed by atoms with Gasteiger partial charge in [-0.15, -0.1) is 0 Å². The van der Waals surface area contributed by atoms with Gasteiger partial charge in [-0.05, 0) is 17.2 Å². The quantitative estimate of drug-likeness (QED) is 0.876. The normalized spacial score (nSPS) is 16.8. The Labute approximate surface area is 122 Å². The van der Waals surface area contributed by atoms with Gasteiger partial charge in [-0.25, -0.2) is 4.79 Å². The first kappa shape index (κ1) is 13.4. The molecule has 1 aliphatic rings. The molecule has 0 aliphatic carbocycles. The molecule has 1 N–H and O–H groups in total. The molecule has 3 rings (SSSR count). The van der Waals surface area contributed by atoms with Crippen LogP contribution < -0.4 is 5.32 Å². The second-order valence-electron chi connectivity index (χ2n) is 4.96. The van der Waals surface area contributed by atoms with Gasteiger partial charge in [0.05, 0.1) is 5.56 Å².